The molecule has 3 N–H and O–H groups in total. The van der Waals surface area contributed by atoms with Gasteiger partial charge in [0.2, 0.25) is 5.91 Å². The molecule has 1 heterocycles. The van der Waals surface area contributed by atoms with E-state index in [1.165, 1.54) is 0 Å². The van der Waals surface area contributed by atoms with Crippen molar-refractivity contribution >= 4 is 27.8 Å². The van der Waals surface area contributed by atoms with Gasteiger partial charge in [-0.3, -0.25) is 9.59 Å². The Morgan fingerprint density at radius 1 is 1.00 bits per heavy atom. The fraction of sp³-hybridized carbons (Fsp3) is 0.400. The van der Waals surface area contributed by atoms with Crippen LogP contribution in [0.5, 0.6) is 0 Å². The van der Waals surface area contributed by atoms with Crippen molar-refractivity contribution in [3.8, 4) is 11.1 Å². The van der Waals surface area contributed by atoms with E-state index in [0.717, 1.165) is 28.7 Å². The smallest absolute Gasteiger partial charge is 0.407 e. The molecule has 186 valence electrons. The second kappa shape index (κ2) is 10.5. The molecule has 1 aliphatic heterocycles. The van der Waals surface area contributed by atoms with Crippen molar-refractivity contribution in [2.75, 3.05) is 18.9 Å². The van der Waals surface area contributed by atoms with E-state index >= 15 is 0 Å². The van der Waals surface area contributed by atoms with Crippen molar-refractivity contribution in [2.24, 2.45) is 0 Å². The zero-order valence-electron chi connectivity index (χ0n) is 19.1. The van der Waals surface area contributed by atoms with Gasteiger partial charge < -0.3 is 20.5 Å². The fourth-order valence-electron chi connectivity index (χ4n) is 4.75. The highest BCUT2D eigenvalue weighted by atomic mass is 32.2. The van der Waals surface area contributed by atoms with E-state index in [-0.39, 0.29) is 24.8 Å². The van der Waals surface area contributed by atoms with E-state index in [1.807, 2.05) is 48.5 Å². The van der Waals surface area contributed by atoms with Crippen molar-refractivity contribution in [3.05, 3.63) is 59.7 Å². The molecule has 2 unspecified atom stereocenters. The minimum atomic E-state index is -3.30. The lowest BCUT2D eigenvalue weighted by Crippen LogP contribution is -2.50. The fourth-order valence-corrected chi connectivity index (χ4v) is 6.56. The van der Waals surface area contributed by atoms with Gasteiger partial charge in [-0.15, -0.1) is 0 Å². The number of nitrogens with one attached hydrogen (secondary N) is 2. The number of sulfone groups is 1. The Balaban J connectivity index is 1.37. The summed E-state index contributed by atoms with van der Waals surface area (Å²) in [6, 6.07) is 14.3. The Morgan fingerprint density at radius 2 is 1.63 bits per heavy atom. The van der Waals surface area contributed by atoms with Crippen molar-refractivity contribution in [1.82, 2.24) is 10.6 Å². The van der Waals surface area contributed by atoms with E-state index in [2.05, 4.69) is 10.6 Å². The number of alkyl carbamates (subject to hydrolysis) is 1. The molecule has 0 bridgehead atoms. The third-order valence-corrected chi connectivity index (χ3v) is 8.82. The van der Waals surface area contributed by atoms with Crippen molar-refractivity contribution in [3.63, 3.8) is 0 Å². The minimum absolute atomic E-state index is 0.0155. The van der Waals surface area contributed by atoms with Gasteiger partial charge in [0.15, 0.2) is 9.84 Å². The maximum absolute atomic E-state index is 12.6. The van der Waals surface area contributed by atoms with Crippen LogP contribution >= 0.6 is 0 Å². The van der Waals surface area contributed by atoms with Crippen molar-refractivity contribution < 1.29 is 32.6 Å². The molecule has 0 saturated carbocycles. The van der Waals surface area contributed by atoms with E-state index in [0.29, 0.717) is 12.8 Å². The molecule has 2 atom stereocenters. The predicted molar refractivity (Wildman–Crippen MR) is 129 cm³/mol. The van der Waals surface area contributed by atoms with Gasteiger partial charge in [-0.1, -0.05) is 55.0 Å². The molecule has 4 rings (SSSR count). The van der Waals surface area contributed by atoms with Crippen LogP contribution in [0.3, 0.4) is 0 Å². The number of carbonyl (C=O) groups excluding carboxylic acids is 2. The SMILES string of the molecule is O=C(O)CC(NC(=O)OCC1c2ccccc2-c2ccccc21)C(=O)NCC1CCCCS1(=O)=O. The van der Waals surface area contributed by atoms with Crippen LogP contribution in [0.4, 0.5) is 4.79 Å². The van der Waals surface area contributed by atoms with Crippen LogP contribution in [-0.4, -0.2) is 61.7 Å². The van der Waals surface area contributed by atoms with Gasteiger partial charge in [-0.2, -0.15) is 0 Å². The van der Waals surface area contributed by atoms with Crippen molar-refractivity contribution in [1.29, 1.82) is 0 Å². The summed E-state index contributed by atoms with van der Waals surface area (Å²) in [5.41, 5.74) is 4.18. The molecule has 1 fully saturated rings. The Labute approximate surface area is 203 Å². The lowest BCUT2D eigenvalue weighted by molar-refractivity contribution is -0.139. The molecule has 0 radical (unpaired) electrons. The number of aliphatic carboxylic acids is 1. The van der Waals surface area contributed by atoms with Gasteiger partial charge in [0.05, 0.1) is 17.4 Å². The number of benzene rings is 2. The quantitative estimate of drug-likeness (QED) is 0.506. The van der Waals surface area contributed by atoms with Gasteiger partial charge >= 0.3 is 12.1 Å². The van der Waals surface area contributed by atoms with Gasteiger partial charge in [0.1, 0.15) is 12.6 Å². The van der Waals surface area contributed by atoms with E-state index in [1.54, 1.807) is 0 Å². The number of carbonyl (C=O) groups is 3. The Morgan fingerprint density at radius 3 is 2.23 bits per heavy atom. The minimum Gasteiger partial charge on any atom is -0.481 e. The molecule has 2 amide bonds. The lowest BCUT2D eigenvalue weighted by Gasteiger charge is -2.24. The maximum atomic E-state index is 12.6. The largest absolute Gasteiger partial charge is 0.481 e. The summed E-state index contributed by atoms with van der Waals surface area (Å²) in [7, 11) is -3.30. The van der Waals surface area contributed by atoms with Gasteiger partial charge in [-0.05, 0) is 35.1 Å². The Kier molecular flexibility index (Phi) is 7.39. The highest BCUT2D eigenvalue weighted by Crippen LogP contribution is 2.44. The van der Waals surface area contributed by atoms with E-state index in [4.69, 9.17) is 4.74 Å². The standard InChI is InChI=1S/C25H28N2O7S/c28-23(29)13-22(24(30)26-14-16-7-5-6-12-35(16,32)33)27-25(31)34-15-21-19-10-3-1-8-17(19)18-9-2-4-11-20(18)21/h1-4,8-11,16,21-22H,5-7,12-15H2,(H,26,30)(H,27,31)(H,28,29). The first-order valence-electron chi connectivity index (χ1n) is 11.6. The van der Waals surface area contributed by atoms with Crippen LogP contribution in [0.15, 0.2) is 48.5 Å². The molecule has 10 heteroatoms. The third-order valence-electron chi connectivity index (χ3n) is 6.55. The summed E-state index contributed by atoms with van der Waals surface area (Å²) in [6.45, 7) is -0.106. The van der Waals surface area contributed by atoms with E-state index in [9.17, 15) is 27.9 Å². The van der Waals surface area contributed by atoms with Crippen LogP contribution in [0, 0.1) is 0 Å². The highest BCUT2D eigenvalue weighted by molar-refractivity contribution is 7.92. The summed E-state index contributed by atoms with van der Waals surface area (Å²) in [4.78, 5) is 36.4. The molecule has 9 nitrogen and oxygen atoms in total. The highest BCUT2D eigenvalue weighted by Gasteiger charge is 2.32. The Hall–Kier alpha value is -3.40. The number of amides is 2. The molecule has 0 spiro atoms. The molecular weight excluding hydrogens is 472 g/mol. The van der Waals surface area contributed by atoms with E-state index < -0.39 is 45.5 Å². The molecule has 35 heavy (non-hydrogen) atoms. The van der Waals surface area contributed by atoms with Crippen LogP contribution in [0.2, 0.25) is 0 Å². The average molecular weight is 501 g/mol. The van der Waals surface area contributed by atoms with Gasteiger partial charge in [0, 0.05) is 12.5 Å². The molecule has 2 aliphatic rings. The monoisotopic (exact) mass is 500 g/mol. The second-order valence-corrected chi connectivity index (χ2v) is 11.3. The Bertz CT molecular complexity index is 1180. The number of ether oxygens (including phenoxy) is 1. The molecule has 1 saturated heterocycles. The first-order chi connectivity index (χ1) is 16.8. The number of hydrogen-bond donors (Lipinski definition) is 3. The van der Waals surface area contributed by atoms with Gasteiger partial charge in [0.25, 0.3) is 0 Å². The normalized spacial score (nSPS) is 19.1. The molecular formula is C25H28N2O7S. The molecule has 2 aromatic rings. The zero-order chi connectivity index (χ0) is 25.0. The first kappa shape index (κ1) is 24.7. The maximum Gasteiger partial charge on any atom is 0.407 e. The zero-order valence-corrected chi connectivity index (χ0v) is 19.9. The topological polar surface area (TPSA) is 139 Å². The molecule has 0 aromatic heterocycles. The van der Waals surface area contributed by atoms with Gasteiger partial charge in [-0.25, -0.2) is 13.2 Å². The number of carboxylic acid groups (broad SMARTS) is 1. The first-order valence-corrected chi connectivity index (χ1v) is 13.3. The summed E-state index contributed by atoms with van der Waals surface area (Å²) < 4.78 is 29.8. The average Bonchev–Trinajstić information content (AvgIpc) is 3.14. The lowest BCUT2D eigenvalue weighted by atomic mass is 9.98. The predicted octanol–water partition coefficient (Wildman–Crippen LogP) is 2.45. The molecule has 2 aromatic carbocycles. The third kappa shape index (κ3) is 5.64. The number of rotatable bonds is 8. The van der Waals surface area contributed by atoms with Crippen molar-refractivity contribution in [2.45, 2.75) is 42.9 Å². The summed E-state index contributed by atoms with van der Waals surface area (Å²) in [6.07, 6.45) is 0.201. The van der Waals surface area contributed by atoms with Crippen LogP contribution in [-0.2, 0) is 24.2 Å². The number of carboxylic acids is 1. The summed E-state index contributed by atoms with van der Waals surface area (Å²) >= 11 is 0. The van der Waals surface area contributed by atoms with Crippen LogP contribution < -0.4 is 10.6 Å². The number of hydrogen-bond acceptors (Lipinski definition) is 6. The summed E-state index contributed by atoms with van der Waals surface area (Å²) in [5, 5.41) is 13.3. The second-order valence-electron chi connectivity index (χ2n) is 8.85. The van der Waals surface area contributed by atoms with Crippen LogP contribution in [0.1, 0.15) is 42.7 Å². The summed E-state index contributed by atoms with van der Waals surface area (Å²) in [5.74, 6) is -2.16. The number of fused-ring (bicyclic) bond motifs is 3. The van der Waals surface area contributed by atoms with Crippen LogP contribution in [0.25, 0.3) is 11.1 Å². The molecule has 1 aliphatic carbocycles.